The van der Waals surface area contributed by atoms with E-state index in [2.05, 4.69) is 0 Å². The van der Waals surface area contributed by atoms with Crippen LogP contribution in [0.15, 0.2) is 28.7 Å². The zero-order valence-corrected chi connectivity index (χ0v) is 10.3. The Kier molecular flexibility index (Phi) is 2.70. The molecule has 0 N–H and O–H groups in total. The van der Waals surface area contributed by atoms with Crippen LogP contribution in [0.25, 0.3) is 11.0 Å². The van der Waals surface area contributed by atoms with Crippen LogP contribution in [0.3, 0.4) is 0 Å². The predicted molar refractivity (Wildman–Crippen MR) is 67.9 cm³/mol. The van der Waals surface area contributed by atoms with Crippen LogP contribution >= 0.6 is 0 Å². The van der Waals surface area contributed by atoms with Crippen LogP contribution in [-0.4, -0.2) is 31.0 Å². The lowest BCUT2D eigenvalue weighted by Crippen LogP contribution is -2.27. The fraction of sp³-hybridized carbons (Fsp3) is 0.357. The maximum atomic E-state index is 12.2. The van der Waals surface area contributed by atoms with E-state index in [9.17, 15) is 4.79 Å². The number of carbonyl (C=O) groups excluding carboxylic acids is 1. The topological polar surface area (TPSA) is 42.7 Å². The highest BCUT2D eigenvalue weighted by Crippen LogP contribution is 2.29. The van der Waals surface area contributed by atoms with E-state index in [4.69, 9.17) is 9.15 Å². The largest absolute Gasteiger partial charge is 0.493 e. The smallest absolute Gasteiger partial charge is 0.289 e. The Morgan fingerprint density at radius 1 is 1.33 bits per heavy atom. The minimum absolute atomic E-state index is 0.0225. The van der Waals surface area contributed by atoms with Crippen LogP contribution in [0.5, 0.6) is 5.75 Å². The predicted octanol–water partition coefficient (Wildman–Crippen LogP) is 2.68. The van der Waals surface area contributed by atoms with Gasteiger partial charge in [0, 0.05) is 18.5 Å². The Labute approximate surface area is 105 Å². The first kappa shape index (κ1) is 11.1. The van der Waals surface area contributed by atoms with E-state index in [0.29, 0.717) is 17.1 Å². The second kappa shape index (κ2) is 4.37. The molecule has 0 bridgehead atoms. The molecule has 0 spiro atoms. The molecule has 3 rings (SSSR count). The number of likely N-dealkylation sites (tertiary alicyclic amines) is 1. The molecule has 4 nitrogen and oxygen atoms in total. The average Bonchev–Trinajstić information content (AvgIpc) is 3.05. The summed E-state index contributed by atoms with van der Waals surface area (Å²) in [6, 6.07) is 7.43. The number of hydrogen-bond acceptors (Lipinski definition) is 3. The number of hydrogen-bond donors (Lipinski definition) is 0. The zero-order chi connectivity index (χ0) is 12.5. The number of methoxy groups -OCH3 is 1. The molecule has 0 radical (unpaired) electrons. The molecule has 0 atom stereocenters. The van der Waals surface area contributed by atoms with Crippen LogP contribution in [0.4, 0.5) is 0 Å². The van der Waals surface area contributed by atoms with Gasteiger partial charge < -0.3 is 14.1 Å². The molecule has 0 unspecified atom stereocenters. The highest BCUT2D eigenvalue weighted by Gasteiger charge is 2.23. The number of amides is 1. The molecule has 1 aromatic carbocycles. The van der Waals surface area contributed by atoms with E-state index in [0.717, 1.165) is 31.3 Å². The van der Waals surface area contributed by atoms with E-state index in [1.807, 2.05) is 23.1 Å². The summed E-state index contributed by atoms with van der Waals surface area (Å²) in [6.45, 7) is 1.65. The molecule has 2 aromatic rings. The number of nitrogens with zero attached hydrogens (tertiary/aromatic N) is 1. The second-order valence-electron chi connectivity index (χ2n) is 4.49. The van der Waals surface area contributed by atoms with Gasteiger partial charge in [-0.1, -0.05) is 12.1 Å². The number of fused-ring (bicyclic) bond motifs is 1. The van der Waals surface area contributed by atoms with Crippen molar-refractivity contribution in [1.29, 1.82) is 0 Å². The van der Waals surface area contributed by atoms with E-state index in [-0.39, 0.29) is 5.91 Å². The molecular weight excluding hydrogens is 230 g/mol. The van der Waals surface area contributed by atoms with Crippen molar-refractivity contribution in [3.63, 3.8) is 0 Å². The lowest BCUT2D eigenvalue weighted by molar-refractivity contribution is 0.0763. The SMILES string of the molecule is COc1cccc2cc(C(=O)N3CCCC3)oc12. The number of ether oxygens (including phenoxy) is 1. The number of furan rings is 1. The molecule has 1 saturated heterocycles. The first-order valence-electron chi connectivity index (χ1n) is 6.15. The van der Waals surface area contributed by atoms with Crippen LogP contribution in [0.1, 0.15) is 23.4 Å². The van der Waals surface area contributed by atoms with Crippen molar-refractivity contribution in [3.05, 3.63) is 30.0 Å². The third-order valence-electron chi connectivity index (χ3n) is 3.33. The van der Waals surface area contributed by atoms with Gasteiger partial charge in [0.1, 0.15) is 0 Å². The van der Waals surface area contributed by atoms with E-state index >= 15 is 0 Å². The molecule has 1 aromatic heterocycles. The van der Waals surface area contributed by atoms with Gasteiger partial charge in [-0.2, -0.15) is 0 Å². The highest BCUT2D eigenvalue weighted by atomic mass is 16.5. The number of carbonyl (C=O) groups is 1. The van der Waals surface area contributed by atoms with Crippen LogP contribution in [0.2, 0.25) is 0 Å². The number of benzene rings is 1. The Hall–Kier alpha value is -1.97. The van der Waals surface area contributed by atoms with Crippen LogP contribution < -0.4 is 4.74 Å². The first-order chi connectivity index (χ1) is 8.79. The van der Waals surface area contributed by atoms with Gasteiger partial charge in [-0.25, -0.2) is 0 Å². The van der Waals surface area contributed by atoms with Gasteiger partial charge in [-0.15, -0.1) is 0 Å². The monoisotopic (exact) mass is 245 g/mol. The Morgan fingerprint density at radius 2 is 2.11 bits per heavy atom. The van der Waals surface area contributed by atoms with Gasteiger partial charge in [-0.05, 0) is 25.0 Å². The normalized spacial score (nSPS) is 15.3. The molecule has 94 valence electrons. The van der Waals surface area contributed by atoms with E-state index in [1.54, 1.807) is 13.2 Å². The Morgan fingerprint density at radius 3 is 2.83 bits per heavy atom. The summed E-state index contributed by atoms with van der Waals surface area (Å²) in [6.07, 6.45) is 2.16. The minimum atomic E-state index is -0.0225. The third-order valence-corrected chi connectivity index (χ3v) is 3.33. The van der Waals surface area contributed by atoms with Crippen molar-refractivity contribution in [2.45, 2.75) is 12.8 Å². The van der Waals surface area contributed by atoms with Crippen LogP contribution in [0, 0.1) is 0 Å². The number of rotatable bonds is 2. The van der Waals surface area contributed by atoms with Gasteiger partial charge in [-0.3, -0.25) is 4.79 Å². The standard InChI is InChI=1S/C14H15NO3/c1-17-11-6-4-5-10-9-12(18-13(10)11)14(16)15-7-2-3-8-15/h4-6,9H,2-3,7-8H2,1H3. The average molecular weight is 245 g/mol. The van der Waals surface area contributed by atoms with E-state index in [1.165, 1.54) is 0 Å². The van der Waals surface area contributed by atoms with E-state index < -0.39 is 0 Å². The first-order valence-corrected chi connectivity index (χ1v) is 6.15. The molecule has 18 heavy (non-hydrogen) atoms. The van der Waals surface area contributed by atoms with Gasteiger partial charge in [0.05, 0.1) is 7.11 Å². The summed E-state index contributed by atoms with van der Waals surface area (Å²) < 4.78 is 10.9. The molecule has 1 fully saturated rings. The van der Waals surface area contributed by atoms with Crippen molar-refractivity contribution < 1.29 is 13.9 Å². The molecule has 1 aliphatic rings. The summed E-state index contributed by atoms with van der Waals surface area (Å²) in [4.78, 5) is 14.0. The summed E-state index contributed by atoms with van der Waals surface area (Å²) in [5, 5.41) is 0.900. The van der Waals surface area contributed by atoms with Crippen molar-refractivity contribution in [2.24, 2.45) is 0 Å². The lowest BCUT2D eigenvalue weighted by atomic mass is 10.2. The summed E-state index contributed by atoms with van der Waals surface area (Å²) in [7, 11) is 1.60. The molecule has 2 heterocycles. The van der Waals surface area contributed by atoms with Gasteiger partial charge in [0.2, 0.25) is 0 Å². The fourth-order valence-electron chi connectivity index (χ4n) is 2.38. The quantitative estimate of drug-likeness (QED) is 0.817. The van der Waals surface area contributed by atoms with Crippen molar-refractivity contribution in [2.75, 3.05) is 20.2 Å². The fourth-order valence-corrected chi connectivity index (χ4v) is 2.38. The molecule has 1 amide bonds. The van der Waals surface area contributed by atoms with Gasteiger partial charge in [0.15, 0.2) is 17.1 Å². The zero-order valence-electron chi connectivity index (χ0n) is 10.3. The van der Waals surface area contributed by atoms with Crippen molar-refractivity contribution in [1.82, 2.24) is 4.90 Å². The van der Waals surface area contributed by atoms with Crippen molar-refractivity contribution in [3.8, 4) is 5.75 Å². The van der Waals surface area contributed by atoms with Crippen molar-refractivity contribution >= 4 is 16.9 Å². The number of para-hydroxylation sites is 1. The van der Waals surface area contributed by atoms with Crippen LogP contribution in [-0.2, 0) is 0 Å². The Bertz CT molecular complexity index is 582. The van der Waals surface area contributed by atoms with Gasteiger partial charge in [0.25, 0.3) is 5.91 Å². The minimum Gasteiger partial charge on any atom is -0.493 e. The highest BCUT2D eigenvalue weighted by molar-refractivity contribution is 5.97. The summed E-state index contributed by atoms with van der Waals surface area (Å²) in [5.74, 6) is 1.04. The van der Waals surface area contributed by atoms with Gasteiger partial charge >= 0.3 is 0 Å². The summed E-state index contributed by atoms with van der Waals surface area (Å²) >= 11 is 0. The molecule has 0 aliphatic carbocycles. The molecular formula is C14H15NO3. The maximum Gasteiger partial charge on any atom is 0.289 e. The summed E-state index contributed by atoms with van der Waals surface area (Å²) in [5.41, 5.74) is 0.641. The molecule has 1 aliphatic heterocycles. The third kappa shape index (κ3) is 1.74. The maximum absolute atomic E-state index is 12.2. The lowest BCUT2D eigenvalue weighted by Gasteiger charge is -2.12. The second-order valence-corrected chi connectivity index (χ2v) is 4.49. The molecule has 4 heteroatoms. The molecule has 0 saturated carbocycles. The Balaban J connectivity index is 2.00.